The van der Waals surface area contributed by atoms with Gasteiger partial charge >= 0.3 is 6.18 Å². The monoisotopic (exact) mass is 423 g/mol. The van der Waals surface area contributed by atoms with E-state index in [4.69, 9.17) is 0 Å². The van der Waals surface area contributed by atoms with Gasteiger partial charge in [-0.05, 0) is 48.1 Å². The second-order valence-electron chi connectivity index (χ2n) is 7.38. The van der Waals surface area contributed by atoms with Crippen LogP contribution in [0.1, 0.15) is 42.3 Å². The Morgan fingerprint density at radius 3 is 2.52 bits per heavy atom. The van der Waals surface area contributed by atoms with Crippen molar-refractivity contribution in [3.8, 4) is 0 Å². The van der Waals surface area contributed by atoms with Crippen LogP contribution in [0.3, 0.4) is 0 Å². The summed E-state index contributed by atoms with van der Waals surface area (Å²) in [5.41, 5.74) is -0.214. The van der Waals surface area contributed by atoms with E-state index in [0.29, 0.717) is 4.88 Å². The number of ketones is 1. The summed E-state index contributed by atoms with van der Waals surface area (Å²) < 4.78 is 39.6. The molecule has 8 heteroatoms. The SMILES string of the molecule is Cc1ccsc1C1C(C(=O)CC(C)C)=C(O)C(=O)N1c1cccc(C(F)(F)F)c1. The lowest BCUT2D eigenvalue weighted by atomic mass is 9.94. The minimum Gasteiger partial charge on any atom is -0.503 e. The lowest BCUT2D eigenvalue weighted by Gasteiger charge is -2.27. The van der Waals surface area contributed by atoms with Crippen molar-refractivity contribution >= 4 is 28.7 Å². The first-order valence-electron chi connectivity index (χ1n) is 9.03. The van der Waals surface area contributed by atoms with Gasteiger partial charge in [-0.25, -0.2) is 0 Å². The number of aryl methyl sites for hydroxylation is 1. The number of hydrogen-bond donors (Lipinski definition) is 1. The summed E-state index contributed by atoms with van der Waals surface area (Å²) in [5.74, 6) is -1.98. The molecule has 0 saturated carbocycles. The molecule has 3 rings (SSSR count). The predicted molar refractivity (Wildman–Crippen MR) is 105 cm³/mol. The highest BCUT2D eigenvalue weighted by molar-refractivity contribution is 7.10. The zero-order valence-electron chi connectivity index (χ0n) is 16.1. The first-order chi connectivity index (χ1) is 13.5. The van der Waals surface area contributed by atoms with Crippen LogP contribution in [-0.4, -0.2) is 16.8 Å². The van der Waals surface area contributed by atoms with Crippen LogP contribution < -0.4 is 4.90 Å². The second kappa shape index (κ2) is 7.67. The maximum Gasteiger partial charge on any atom is 0.416 e. The molecule has 0 radical (unpaired) electrons. The van der Waals surface area contributed by atoms with Crippen LogP contribution in [0.15, 0.2) is 47.0 Å². The highest BCUT2D eigenvalue weighted by atomic mass is 32.1. The minimum absolute atomic E-state index is 0.00871. The molecule has 1 aromatic carbocycles. The summed E-state index contributed by atoms with van der Waals surface area (Å²) in [6, 6.07) is 5.18. The van der Waals surface area contributed by atoms with Gasteiger partial charge in [0.1, 0.15) is 6.04 Å². The number of carbonyl (C=O) groups is 2. The number of nitrogens with zero attached hydrogens (tertiary/aromatic N) is 1. The number of Topliss-reactive ketones (excluding diaryl/α,β-unsaturated/α-hetero) is 1. The van der Waals surface area contributed by atoms with Crippen molar-refractivity contribution in [2.45, 2.75) is 39.4 Å². The zero-order valence-corrected chi connectivity index (χ0v) is 16.9. The van der Waals surface area contributed by atoms with Gasteiger partial charge in [0.15, 0.2) is 11.5 Å². The molecule has 1 aliphatic heterocycles. The lowest BCUT2D eigenvalue weighted by Crippen LogP contribution is -2.31. The molecule has 1 amide bonds. The van der Waals surface area contributed by atoms with Crippen molar-refractivity contribution in [1.29, 1.82) is 0 Å². The quantitative estimate of drug-likeness (QED) is 0.682. The molecule has 1 unspecified atom stereocenters. The van der Waals surface area contributed by atoms with Crippen molar-refractivity contribution in [3.05, 3.63) is 63.0 Å². The highest BCUT2D eigenvalue weighted by Crippen LogP contribution is 2.45. The molecule has 0 aliphatic carbocycles. The molecule has 29 heavy (non-hydrogen) atoms. The van der Waals surface area contributed by atoms with Crippen LogP contribution in [0.2, 0.25) is 0 Å². The first kappa shape index (κ1) is 21.1. The van der Waals surface area contributed by atoms with Crippen LogP contribution in [0.4, 0.5) is 18.9 Å². The molecule has 1 aromatic heterocycles. The summed E-state index contributed by atoms with van der Waals surface area (Å²) in [6.07, 6.45) is -4.47. The van der Waals surface area contributed by atoms with Gasteiger partial charge in [-0.3, -0.25) is 14.5 Å². The van der Waals surface area contributed by atoms with Crippen LogP contribution >= 0.6 is 11.3 Å². The number of benzene rings is 1. The third-order valence-corrected chi connectivity index (χ3v) is 5.78. The summed E-state index contributed by atoms with van der Waals surface area (Å²) in [5, 5.41) is 12.3. The van der Waals surface area contributed by atoms with E-state index in [1.54, 1.807) is 18.4 Å². The molecule has 154 valence electrons. The van der Waals surface area contributed by atoms with Crippen LogP contribution in [0, 0.1) is 12.8 Å². The number of rotatable bonds is 5. The van der Waals surface area contributed by atoms with Crippen molar-refractivity contribution in [2.75, 3.05) is 4.90 Å². The van der Waals surface area contributed by atoms with Gasteiger partial charge in [-0.2, -0.15) is 13.2 Å². The number of halogens is 3. The molecule has 2 aromatic rings. The molecule has 0 spiro atoms. The predicted octanol–water partition coefficient (Wildman–Crippen LogP) is 5.59. The Labute approximate surface area is 170 Å². The smallest absolute Gasteiger partial charge is 0.416 e. The number of thiophene rings is 1. The van der Waals surface area contributed by atoms with Crippen molar-refractivity contribution in [1.82, 2.24) is 0 Å². The molecular formula is C21H20F3NO3S. The molecule has 0 saturated heterocycles. The van der Waals surface area contributed by atoms with Crippen LogP contribution in [0.5, 0.6) is 0 Å². The van der Waals surface area contributed by atoms with Crippen LogP contribution in [0.25, 0.3) is 0 Å². The average molecular weight is 423 g/mol. The Bertz CT molecular complexity index is 991. The van der Waals surface area contributed by atoms with Gasteiger partial charge in [0.25, 0.3) is 5.91 Å². The second-order valence-corrected chi connectivity index (χ2v) is 8.32. The van der Waals surface area contributed by atoms with Gasteiger partial charge in [0.05, 0.1) is 11.1 Å². The van der Waals surface area contributed by atoms with Gasteiger partial charge in [0.2, 0.25) is 0 Å². The Kier molecular flexibility index (Phi) is 5.58. The van der Waals surface area contributed by atoms with Crippen molar-refractivity contribution in [3.63, 3.8) is 0 Å². The van der Waals surface area contributed by atoms with Crippen LogP contribution in [-0.2, 0) is 15.8 Å². The minimum atomic E-state index is -4.58. The number of alkyl halides is 3. The lowest BCUT2D eigenvalue weighted by molar-refractivity contribution is -0.137. The average Bonchev–Trinajstić information content (AvgIpc) is 3.15. The largest absolute Gasteiger partial charge is 0.503 e. The highest BCUT2D eigenvalue weighted by Gasteiger charge is 2.45. The Hall–Kier alpha value is -2.61. The molecule has 4 nitrogen and oxygen atoms in total. The number of amides is 1. The fourth-order valence-corrected chi connectivity index (χ4v) is 4.41. The maximum absolute atomic E-state index is 13.2. The van der Waals surface area contributed by atoms with Gasteiger partial charge < -0.3 is 5.11 Å². The van der Waals surface area contributed by atoms with Gasteiger partial charge in [0, 0.05) is 17.0 Å². The summed E-state index contributed by atoms with van der Waals surface area (Å²) >= 11 is 1.29. The summed E-state index contributed by atoms with van der Waals surface area (Å²) in [6.45, 7) is 5.46. The molecule has 1 atom stereocenters. The number of aliphatic hydroxyl groups is 1. The molecular weight excluding hydrogens is 403 g/mol. The van der Waals surface area contributed by atoms with E-state index in [1.165, 1.54) is 23.5 Å². The Morgan fingerprint density at radius 2 is 1.97 bits per heavy atom. The van der Waals surface area contributed by atoms with Crippen molar-refractivity contribution < 1.29 is 27.9 Å². The third kappa shape index (κ3) is 3.94. The molecule has 2 heterocycles. The van der Waals surface area contributed by atoms with E-state index in [2.05, 4.69) is 0 Å². The normalized spacial score (nSPS) is 17.6. The summed E-state index contributed by atoms with van der Waals surface area (Å²) in [7, 11) is 0. The number of carbonyl (C=O) groups excluding carboxylic acids is 2. The number of aliphatic hydroxyl groups excluding tert-OH is 1. The van der Waals surface area contributed by atoms with Gasteiger partial charge in [-0.15, -0.1) is 11.3 Å². The van der Waals surface area contributed by atoms with E-state index in [9.17, 15) is 27.9 Å². The van der Waals surface area contributed by atoms with E-state index in [-0.39, 0.29) is 23.6 Å². The Morgan fingerprint density at radius 1 is 1.28 bits per heavy atom. The zero-order chi connectivity index (χ0) is 21.5. The maximum atomic E-state index is 13.2. The Balaban J connectivity index is 2.16. The fourth-order valence-electron chi connectivity index (χ4n) is 3.38. The van der Waals surface area contributed by atoms with E-state index < -0.39 is 35.2 Å². The van der Waals surface area contributed by atoms with E-state index in [1.807, 2.05) is 13.8 Å². The fraction of sp³-hybridized carbons (Fsp3) is 0.333. The standard InChI is InChI=1S/C21H20F3NO3S/c1-11(2)9-15(26)16-17(19-12(3)7-8-29-19)25(20(28)18(16)27)14-6-4-5-13(10-14)21(22,23)24/h4-8,10-11,17,27H,9H2,1-3H3. The summed E-state index contributed by atoms with van der Waals surface area (Å²) in [4.78, 5) is 27.4. The molecule has 1 N–H and O–H groups in total. The first-order valence-corrected chi connectivity index (χ1v) is 9.91. The van der Waals surface area contributed by atoms with E-state index in [0.717, 1.165) is 22.6 Å². The third-order valence-electron chi connectivity index (χ3n) is 4.70. The number of anilines is 1. The van der Waals surface area contributed by atoms with E-state index >= 15 is 0 Å². The van der Waals surface area contributed by atoms with Gasteiger partial charge in [-0.1, -0.05) is 19.9 Å². The molecule has 1 aliphatic rings. The molecule has 0 fully saturated rings. The van der Waals surface area contributed by atoms with Crippen molar-refractivity contribution in [2.24, 2.45) is 5.92 Å². The molecule has 0 bridgehead atoms. The number of hydrogen-bond acceptors (Lipinski definition) is 4. The topological polar surface area (TPSA) is 57.6 Å².